The lowest BCUT2D eigenvalue weighted by atomic mass is 10.2. The van der Waals surface area contributed by atoms with Crippen molar-refractivity contribution in [3.63, 3.8) is 0 Å². The summed E-state index contributed by atoms with van der Waals surface area (Å²) in [7, 11) is 1.92. The molecule has 0 saturated heterocycles. The minimum absolute atomic E-state index is 0.447. The van der Waals surface area contributed by atoms with Crippen molar-refractivity contribution in [1.82, 2.24) is 29.0 Å². The molecule has 0 aliphatic rings. The molecule has 8 nitrogen and oxygen atoms in total. The van der Waals surface area contributed by atoms with Gasteiger partial charge >= 0.3 is 0 Å². The summed E-state index contributed by atoms with van der Waals surface area (Å²) in [6.07, 6.45) is 3.26. The van der Waals surface area contributed by atoms with Crippen LogP contribution in [0.1, 0.15) is 23.8 Å². The van der Waals surface area contributed by atoms with Gasteiger partial charge in [0.25, 0.3) is 0 Å². The molecule has 1 atom stereocenters. The Hall–Kier alpha value is -3.06. The third-order valence-electron chi connectivity index (χ3n) is 5.33. The number of thiophene rings is 1. The zero-order valence-electron chi connectivity index (χ0n) is 18.3. The summed E-state index contributed by atoms with van der Waals surface area (Å²) in [5, 5.41) is 26.1. The minimum atomic E-state index is -0.557. The Morgan fingerprint density at radius 2 is 2.09 bits per heavy atom. The fourth-order valence-corrected chi connectivity index (χ4v) is 4.42. The van der Waals surface area contributed by atoms with E-state index in [1.807, 2.05) is 63.8 Å². The molecule has 166 valence electrons. The Morgan fingerprint density at radius 1 is 1.22 bits per heavy atom. The molecule has 0 fully saturated rings. The summed E-state index contributed by atoms with van der Waals surface area (Å²) in [4.78, 5) is 12.6. The number of hydrogen-bond acceptors (Lipinski definition) is 7. The minimum Gasteiger partial charge on any atom is -0.390 e. The quantitative estimate of drug-likeness (QED) is 0.400. The highest BCUT2D eigenvalue weighted by Gasteiger charge is 2.16. The smallest absolute Gasteiger partial charge is 0.155 e. The van der Waals surface area contributed by atoms with Crippen molar-refractivity contribution in [1.29, 1.82) is 5.26 Å². The monoisotopic (exact) mass is 449 g/mol. The van der Waals surface area contributed by atoms with Crippen molar-refractivity contribution in [2.24, 2.45) is 0 Å². The topological polar surface area (TPSA) is 95.3 Å². The van der Waals surface area contributed by atoms with Crippen LogP contribution in [-0.4, -0.2) is 60.4 Å². The number of likely N-dealkylation sites (N-methyl/N-ethyl adjacent to an activating group) is 1. The van der Waals surface area contributed by atoms with Crippen molar-refractivity contribution in [2.45, 2.75) is 38.8 Å². The highest BCUT2D eigenvalue weighted by Crippen LogP contribution is 2.24. The number of nitrogens with zero attached hydrogens (tertiary/aromatic N) is 7. The van der Waals surface area contributed by atoms with Crippen molar-refractivity contribution in [3.05, 3.63) is 59.3 Å². The van der Waals surface area contributed by atoms with E-state index in [9.17, 15) is 5.11 Å². The van der Waals surface area contributed by atoms with E-state index < -0.39 is 6.10 Å². The van der Waals surface area contributed by atoms with E-state index >= 15 is 0 Å². The molecule has 32 heavy (non-hydrogen) atoms. The van der Waals surface area contributed by atoms with Gasteiger partial charge in [-0.2, -0.15) is 10.4 Å². The molecule has 0 aliphatic carbocycles. The van der Waals surface area contributed by atoms with Crippen LogP contribution in [0.2, 0.25) is 0 Å². The van der Waals surface area contributed by atoms with Crippen LogP contribution in [0.4, 0.5) is 0 Å². The van der Waals surface area contributed by atoms with Crippen LogP contribution in [0.15, 0.2) is 41.9 Å². The fraction of sp³-hybridized carbons (Fsp3) is 0.391. The fourth-order valence-electron chi connectivity index (χ4n) is 3.74. The van der Waals surface area contributed by atoms with Crippen LogP contribution >= 0.6 is 11.3 Å². The number of aromatic nitrogens is 5. The predicted molar refractivity (Wildman–Crippen MR) is 124 cm³/mol. The van der Waals surface area contributed by atoms with E-state index in [0.29, 0.717) is 38.9 Å². The van der Waals surface area contributed by atoms with Gasteiger partial charge in [-0.3, -0.25) is 0 Å². The van der Waals surface area contributed by atoms with Crippen molar-refractivity contribution >= 4 is 17.0 Å². The lowest BCUT2D eigenvalue weighted by Crippen LogP contribution is -2.32. The molecule has 4 aromatic rings. The molecule has 0 amide bonds. The zero-order valence-corrected chi connectivity index (χ0v) is 19.2. The number of aliphatic hydroxyl groups is 1. The summed E-state index contributed by atoms with van der Waals surface area (Å²) >= 11 is 1.65. The van der Waals surface area contributed by atoms with Crippen LogP contribution < -0.4 is 0 Å². The van der Waals surface area contributed by atoms with Crippen molar-refractivity contribution < 1.29 is 5.11 Å². The molecule has 0 radical (unpaired) electrons. The molecule has 0 saturated carbocycles. The lowest BCUT2D eigenvalue weighted by molar-refractivity contribution is 0.110. The first-order valence-corrected chi connectivity index (χ1v) is 11.6. The largest absolute Gasteiger partial charge is 0.390 e. The van der Waals surface area contributed by atoms with Crippen molar-refractivity contribution in [2.75, 3.05) is 20.1 Å². The molecule has 1 N–H and O–H groups in total. The Bertz CT molecular complexity index is 1210. The van der Waals surface area contributed by atoms with Gasteiger partial charge < -0.3 is 14.6 Å². The molecule has 0 unspecified atom stereocenters. The van der Waals surface area contributed by atoms with Gasteiger partial charge in [-0.1, -0.05) is 12.1 Å². The number of rotatable bonds is 10. The second-order valence-corrected chi connectivity index (χ2v) is 8.91. The second-order valence-electron chi connectivity index (χ2n) is 7.96. The molecule has 9 heteroatoms. The van der Waals surface area contributed by atoms with Crippen LogP contribution in [0, 0.1) is 18.3 Å². The standard InChI is InChI=1S/C23H27N7OS/c1-17-6-3-8-23-26-21(27-30(17)23)9-10-22-25-19(20-7-4-13-32-20)16-29(22)15-18(31)14-28(2)12-5-11-24/h3-4,6-8,13,16,18,31H,5,9-10,12,14-15H2,1-2H3/t18-/m0/s1. The van der Waals surface area contributed by atoms with Crippen LogP contribution in [0.5, 0.6) is 0 Å². The van der Waals surface area contributed by atoms with Crippen LogP contribution in [0.25, 0.3) is 16.2 Å². The molecular weight excluding hydrogens is 422 g/mol. The number of aliphatic hydroxyl groups excluding tert-OH is 1. The summed E-state index contributed by atoms with van der Waals surface area (Å²) in [6, 6.07) is 12.2. The number of nitriles is 1. The normalized spacial score (nSPS) is 12.5. The van der Waals surface area contributed by atoms with Gasteiger partial charge in [0.15, 0.2) is 11.5 Å². The maximum Gasteiger partial charge on any atom is 0.155 e. The molecule has 4 rings (SSSR count). The highest BCUT2D eigenvalue weighted by molar-refractivity contribution is 7.13. The number of fused-ring (bicyclic) bond motifs is 1. The Balaban J connectivity index is 1.50. The number of hydrogen-bond donors (Lipinski definition) is 1. The molecule has 4 aromatic heterocycles. The molecular formula is C23H27N7OS. The third kappa shape index (κ3) is 5.22. The molecule has 0 aliphatic heterocycles. The highest BCUT2D eigenvalue weighted by atomic mass is 32.1. The first kappa shape index (κ1) is 22.1. The van der Waals surface area contributed by atoms with Crippen molar-refractivity contribution in [3.8, 4) is 16.6 Å². The van der Waals surface area contributed by atoms with Gasteiger partial charge in [0, 0.05) is 44.2 Å². The van der Waals surface area contributed by atoms with E-state index in [1.165, 1.54) is 0 Å². The van der Waals surface area contributed by atoms with Gasteiger partial charge in [-0.15, -0.1) is 11.3 Å². The van der Waals surface area contributed by atoms with Gasteiger partial charge in [-0.05, 0) is 37.6 Å². The summed E-state index contributed by atoms with van der Waals surface area (Å²) in [6.45, 7) is 3.60. The third-order valence-corrected chi connectivity index (χ3v) is 6.23. The first-order chi connectivity index (χ1) is 15.5. The second kappa shape index (κ2) is 10.0. The number of aryl methyl sites for hydroxylation is 3. The Labute approximate surface area is 191 Å². The number of pyridine rings is 1. The van der Waals surface area contributed by atoms with E-state index in [-0.39, 0.29) is 0 Å². The van der Waals surface area contributed by atoms with Crippen LogP contribution in [-0.2, 0) is 19.4 Å². The van der Waals surface area contributed by atoms with E-state index in [2.05, 4.69) is 22.2 Å². The predicted octanol–water partition coefficient (Wildman–Crippen LogP) is 2.95. The lowest BCUT2D eigenvalue weighted by Gasteiger charge is -2.20. The SMILES string of the molecule is Cc1cccc2nc(CCc3nc(-c4cccs4)cn3C[C@@H](O)CN(C)CCC#N)nn12. The zero-order chi connectivity index (χ0) is 22.5. The Morgan fingerprint density at radius 3 is 2.84 bits per heavy atom. The Kier molecular flexibility index (Phi) is 6.95. The van der Waals surface area contributed by atoms with E-state index in [0.717, 1.165) is 33.6 Å². The molecule has 0 bridgehead atoms. The maximum absolute atomic E-state index is 10.6. The molecule has 0 aromatic carbocycles. The van der Waals surface area contributed by atoms with Gasteiger partial charge in [0.1, 0.15) is 5.82 Å². The van der Waals surface area contributed by atoms with Crippen LogP contribution in [0.3, 0.4) is 0 Å². The van der Waals surface area contributed by atoms with Gasteiger partial charge in [0.05, 0.1) is 29.3 Å². The summed E-state index contributed by atoms with van der Waals surface area (Å²) in [5.74, 6) is 1.69. The molecule has 4 heterocycles. The molecule has 0 spiro atoms. The van der Waals surface area contributed by atoms with E-state index in [1.54, 1.807) is 11.3 Å². The first-order valence-electron chi connectivity index (χ1n) is 10.7. The summed E-state index contributed by atoms with van der Waals surface area (Å²) in [5.41, 5.74) is 2.81. The number of imidazole rings is 1. The average molecular weight is 450 g/mol. The van der Waals surface area contributed by atoms with Gasteiger partial charge in [-0.25, -0.2) is 14.5 Å². The maximum atomic E-state index is 10.6. The summed E-state index contributed by atoms with van der Waals surface area (Å²) < 4.78 is 3.90. The average Bonchev–Trinajstić information content (AvgIpc) is 3.50. The van der Waals surface area contributed by atoms with Gasteiger partial charge in [0.2, 0.25) is 0 Å². The van der Waals surface area contributed by atoms with E-state index in [4.69, 9.17) is 10.2 Å².